The van der Waals surface area contributed by atoms with E-state index in [-0.39, 0.29) is 28.4 Å². The molecule has 0 aliphatic rings. The van der Waals surface area contributed by atoms with E-state index in [2.05, 4.69) is 9.97 Å². The van der Waals surface area contributed by atoms with Crippen molar-refractivity contribution in [2.75, 3.05) is 4.31 Å². The number of halogens is 3. The molecular formula is C16H16F3N3O4S. The van der Waals surface area contributed by atoms with Gasteiger partial charge in [-0.15, -0.1) is 0 Å². The van der Waals surface area contributed by atoms with Crippen LogP contribution in [0, 0.1) is 5.92 Å². The Morgan fingerprint density at radius 1 is 1.15 bits per heavy atom. The number of rotatable bonds is 6. The molecule has 0 atom stereocenters. The van der Waals surface area contributed by atoms with Crippen molar-refractivity contribution in [1.29, 1.82) is 0 Å². The first-order valence-corrected chi connectivity index (χ1v) is 9.15. The van der Waals surface area contributed by atoms with Gasteiger partial charge >= 0.3 is 21.5 Å². The van der Waals surface area contributed by atoms with Crippen LogP contribution in [0.2, 0.25) is 0 Å². The second-order valence-electron chi connectivity index (χ2n) is 5.83. The van der Waals surface area contributed by atoms with Crippen LogP contribution in [0.3, 0.4) is 0 Å². The first kappa shape index (κ1) is 20.6. The first-order valence-electron chi connectivity index (χ1n) is 7.71. The standard InChI is InChI=1S/C16H16F3N3O4S/c1-11(2)10-14(23)22(27(24,25)16(17,18)19)12-4-6-13(7-5-12)26-15-20-8-3-9-21-15/h3-9,11H,10H2,1-2H3. The number of carbonyl (C=O) groups is 1. The number of hydrogen-bond acceptors (Lipinski definition) is 6. The molecule has 0 spiro atoms. The van der Waals surface area contributed by atoms with E-state index in [4.69, 9.17) is 4.74 Å². The molecule has 1 amide bonds. The molecule has 11 heteroatoms. The lowest BCUT2D eigenvalue weighted by molar-refractivity contribution is -0.118. The lowest BCUT2D eigenvalue weighted by atomic mass is 10.1. The average Bonchev–Trinajstić information content (AvgIpc) is 2.55. The van der Waals surface area contributed by atoms with E-state index in [1.54, 1.807) is 19.9 Å². The van der Waals surface area contributed by atoms with Gasteiger partial charge in [0.2, 0.25) is 5.91 Å². The van der Waals surface area contributed by atoms with Crippen molar-refractivity contribution in [3.63, 3.8) is 0 Å². The number of ether oxygens (including phenoxy) is 1. The van der Waals surface area contributed by atoms with Crippen LogP contribution in [0.1, 0.15) is 20.3 Å². The molecule has 1 aromatic carbocycles. The van der Waals surface area contributed by atoms with Crippen molar-refractivity contribution in [3.05, 3.63) is 42.7 Å². The smallest absolute Gasteiger partial charge is 0.424 e. The number of benzene rings is 1. The highest BCUT2D eigenvalue weighted by atomic mass is 32.2. The number of aromatic nitrogens is 2. The molecule has 0 aliphatic carbocycles. The summed E-state index contributed by atoms with van der Waals surface area (Å²) in [5.41, 5.74) is -6.06. The van der Waals surface area contributed by atoms with Crippen molar-refractivity contribution in [3.8, 4) is 11.8 Å². The van der Waals surface area contributed by atoms with Gasteiger partial charge in [0.15, 0.2) is 0 Å². The van der Waals surface area contributed by atoms with Gasteiger partial charge in [0, 0.05) is 18.8 Å². The van der Waals surface area contributed by atoms with E-state index in [0.29, 0.717) is 0 Å². The van der Waals surface area contributed by atoms with Gasteiger partial charge in [-0.3, -0.25) is 4.79 Å². The maximum atomic E-state index is 13.0. The fourth-order valence-electron chi connectivity index (χ4n) is 2.05. The number of nitrogens with zero attached hydrogens (tertiary/aromatic N) is 3. The third-order valence-electron chi connectivity index (χ3n) is 3.16. The van der Waals surface area contributed by atoms with Crippen molar-refractivity contribution in [2.45, 2.75) is 25.8 Å². The summed E-state index contributed by atoms with van der Waals surface area (Å²) in [4.78, 5) is 19.9. The Hall–Kier alpha value is -2.69. The van der Waals surface area contributed by atoms with Gasteiger partial charge in [0.05, 0.1) is 5.69 Å². The van der Waals surface area contributed by atoms with Crippen molar-refractivity contribution < 1.29 is 31.1 Å². The molecule has 1 aromatic heterocycles. The highest BCUT2D eigenvalue weighted by molar-refractivity contribution is 7.94. The summed E-state index contributed by atoms with van der Waals surface area (Å²) in [6.07, 6.45) is 2.49. The Kier molecular flexibility index (Phi) is 6.04. The minimum atomic E-state index is -5.89. The molecule has 0 saturated heterocycles. The van der Waals surface area contributed by atoms with Crippen LogP contribution in [-0.2, 0) is 14.8 Å². The maximum absolute atomic E-state index is 13.0. The third kappa shape index (κ3) is 4.94. The Balaban J connectivity index is 2.37. The fraction of sp³-hybridized carbons (Fsp3) is 0.312. The number of carbonyl (C=O) groups excluding carboxylic acids is 1. The van der Waals surface area contributed by atoms with E-state index < -0.39 is 27.1 Å². The molecule has 2 aromatic rings. The first-order chi connectivity index (χ1) is 12.5. The number of amides is 1. The number of hydrogen-bond donors (Lipinski definition) is 0. The average molecular weight is 403 g/mol. The zero-order valence-electron chi connectivity index (χ0n) is 14.3. The lowest BCUT2D eigenvalue weighted by Gasteiger charge is -2.24. The molecular weight excluding hydrogens is 387 g/mol. The van der Waals surface area contributed by atoms with E-state index in [0.717, 1.165) is 12.1 Å². The van der Waals surface area contributed by atoms with E-state index in [1.165, 1.54) is 24.5 Å². The Morgan fingerprint density at radius 3 is 2.19 bits per heavy atom. The predicted octanol–water partition coefficient (Wildman–Crippen LogP) is 3.50. The van der Waals surface area contributed by atoms with Gasteiger partial charge in [-0.25, -0.2) is 9.97 Å². The summed E-state index contributed by atoms with van der Waals surface area (Å²) in [6, 6.07) is 6.08. The highest BCUT2D eigenvalue weighted by Crippen LogP contribution is 2.33. The van der Waals surface area contributed by atoms with E-state index in [1.807, 2.05) is 0 Å². The van der Waals surface area contributed by atoms with Crippen LogP contribution >= 0.6 is 0 Å². The summed E-state index contributed by atoms with van der Waals surface area (Å²) in [6.45, 7) is 3.18. The molecule has 2 rings (SSSR count). The normalized spacial score (nSPS) is 12.1. The molecule has 0 fully saturated rings. The second-order valence-corrected chi connectivity index (χ2v) is 7.61. The zero-order valence-corrected chi connectivity index (χ0v) is 15.2. The summed E-state index contributed by atoms with van der Waals surface area (Å²) in [5, 5.41) is 0. The molecule has 0 N–H and O–H groups in total. The van der Waals surface area contributed by atoms with Crippen LogP contribution in [0.5, 0.6) is 11.8 Å². The van der Waals surface area contributed by atoms with E-state index >= 15 is 0 Å². The van der Waals surface area contributed by atoms with E-state index in [9.17, 15) is 26.4 Å². The van der Waals surface area contributed by atoms with Crippen LogP contribution < -0.4 is 9.04 Å². The molecule has 1 heterocycles. The Morgan fingerprint density at radius 2 is 1.70 bits per heavy atom. The van der Waals surface area contributed by atoms with Crippen molar-refractivity contribution in [1.82, 2.24) is 9.97 Å². The molecule has 27 heavy (non-hydrogen) atoms. The highest BCUT2D eigenvalue weighted by Gasteiger charge is 2.52. The van der Waals surface area contributed by atoms with Crippen LogP contribution in [0.15, 0.2) is 42.7 Å². The molecule has 0 radical (unpaired) electrons. The van der Waals surface area contributed by atoms with Gasteiger partial charge in [0.1, 0.15) is 5.75 Å². The largest absolute Gasteiger partial charge is 0.517 e. The summed E-state index contributed by atoms with van der Waals surface area (Å²) < 4.78 is 67.9. The molecule has 0 unspecified atom stereocenters. The zero-order chi connectivity index (χ0) is 20.2. The summed E-state index contributed by atoms with van der Waals surface area (Å²) in [7, 11) is -5.89. The molecule has 0 bridgehead atoms. The third-order valence-corrected chi connectivity index (χ3v) is 4.64. The van der Waals surface area contributed by atoms with Crippen molar-refractivity contribution >= 4 is 21.6 Å². The minimum absolute atomic E-state index is 0.000836. The van der Waals surface area contributed by atoms with Gasteiger partial charge in [-0.2, -0.15) is 25.9 Å². The summed E-state index contributed by atoms with van der Waals surface area (Å²) >= 11 is 0. The van der Waals surface area contributed by atoms with Crippen molar-refractivity contribution in [2.24, 2.45) is 5.92 Å². The predicted molar refractivity (Wildman–Crippen MR) is 90.5 cm³/mol. The Labute approximate surface area is 153 Å². The molecule has 146 valence electrons. The topological polar surface area (TPSA) is 89.5 Å². The van der Waals surface area contributed by atoms with Gasteiger partial charge in [0.25, 0.3) is 0 Å². The fourth-order valence-corrected chi connectivity index (χ4v) is 2.99. The molecule has 7 nitrogen and oxygen atoms in total. The van der Waals surface area contributed by atoms with Crippen LogP contribution in [0.4, 0.5) is 18.9 Å². The van der Waals surface area contributed by atoms with Crippen LogP contribution in [0.25, 0.3) is 0 Å². The van der Waals surface area contributed by atoms with Crippen LogP contribution in [-0.4, -0.2) is 29.8 Å². The SMILES string of the molecule is CC(C)CC(=O)N(c1ccc(Oc2ncccn2)cc1)S(=O)(=O)C(F)(F)F. The second kappa shape index (κ2) is 7.91. The Bertz CT molecular complexity index is 885. The lowest BCUT2D eigenvalue weighted by Crippen LogP contribution is -2.45. The quantitative estimate of drug-likeness (QED) is 0.733. The minimum Gasteiger partial charge on any atom is -0.424 e. The monoisotopic (exact) mass is 403 g/mol. The van der Waals surface area contributed by atoms with Gasteiger partial charge in [-0.1, -0.05) is 13.8 Å². The number of alkyl halides is 3. The van der Waals surface area contributed by atoms with Gasteiger partial charge in [-0.05, 0) is 36.2 Å². The molecule has 0 saturated carbocycles. The van der Waals surface area contributed by atoms with Gasteiger partial charge < -0.3 is 4.74 Å². The maximum Gasteiger partial charge on any atom is 0.517 e. The number of anilines is 1. The molecule has 0 aliphatic heterocycles. The number of sulfonamides is 1. The summed E-state index contributed by atoms with van der Waals surface area (Å²) in [5.74, 6) is -1.35.